The number of H-pyrrole nitrogens is 1. The van der Waals surface area contributed by atoms with Gasteiger partial charge in [-0.25, -0.2) is 0 Å². The average Bonchev–Trinajstić information content (AvgIpc) is 2.86. The molecule has 2 rings (SSSR count). The first-order chi connectivity index (χ1) is 8.31. The number of hydrogen-bond acceptors (Lipinski definition) is 5. The molecule has 2 aromatic rings. The third-order valence-electron chi connectivity index (χ3n) is 2.22. The third kappa shape index (κ3) is 2.46. The summed E-state index contributed by atoms with van der Waals surface area (Å²) in [6, 6.07) is 9.79. The van der Waals surface area contributed by atoms with Crippen LogP contribution in [0.25, 0.3) is 5.57 Å². The Balaban J connectivity index is 2.21. The Morgan fingerprint density at radius 3 is 2.94 bits per heavy atom. The maximum atomic E-state index is 8.97. The number of aryl methyl sites for hydroxylation is 1. The highest BCUT2D eigenvalue weighted by Gasteiger charge is 2.05. The molecule has 0 unspecified atom stereocenters. The fraction of sp³-hybridized carbons (Fsp3) is 0.0909. The van der Waals surface area contributed by atoms with Crippen LogP contribution in [0.5, 0.6) is 0 Å². The number of aromatic nitrogens is 4. The van der Waals surface area contributed by atoms with Gasteiger partial charge in [0.15, 0.2) is 0 Å². The summed E-state index contributed by atoms with van der Waals surface area (Å²) < 4.78 is 0. The minimum absolute atomic E-state index is 0.272. The maximum absolute atomic E-state index is 8.97. The van der Waals surface area contributed by atoms with Crippen molar-refractivity contribution in [2.45, 2.75) is 6.92 Å². The highest BCUT2D eigenvalue weighted by molar-refractivity contribution is 5.74. The first-order valence-corrected chi connectivity index (χ1v) is 4.97. The molecule has 17 heavy (non-hydrogen) atoms. The number of benzene rings is 1. The minimum atomic E-state index is 0.272. The summed E-state index contributed by atoms with van der Waals surface area (Å²) in [4.78, 5) is 0. The van der Waals surface area contributed by atoms with Gasteiger partial charge in [0.1, 0.15) is 11.6 Å². The Bertz CT molecular complexity index is 564. The molecule has 6 nitrogen and oxygen atoms in total. The molecule has 0 aliphatic heterocycles. The van der Waals surface area contributed by atoms with E-state index < -0.39 is 0 Å². The normalized spacial score (nSPS) is 10.9. The number of tetrazole rings is 1. The largest absolute Gasteiger partial charge is 0.360 e. The molecule has 6 heteroatoms. The van der Waals surface area contributed by atoms with Gasteiger partial charge in [-0.2, -0.15) is 10.5 Å². The van der Waals surface area contributed by atoms with Crippen molar-refractivity contribution in [1.29, 1.82) is 5.26 Å². The lowest BCUT2D eigenvalue weighted by atomic mass is 10.2. The zero-order valence-electron chi connectivity index (χ0n) is 9.18. The Hall–Kier alpha value is -2.68. The quantitative estimate of drug-likeness (QED) is 0.773. The molecule has 0 amide bonds. The molecular formula is C11H10N6. The molecule has 0 saturated heterocycles. The molecule has 0 bridgehead atoms. The summed E-state index contributed by atoms with van der Waals surface area (Å²) in [5, 5.41) is 25.2. The molecule has 0 spiro atoms. The zero-order valence-corrected chi connectivity index (χ0v) is 9.18. The van der Waals surface area contributed by atoms with Crippen molar-refractivity contribution >= 4 is 11.3 Å². The summed E-state index contributed by atoms with van der Waals surface area (Å²) in [5.41, 5.74) is 2.35. The Kier molecular flexibility index (Phi) is 3.12. The first-order valence-electron chi connectivity index (χ1n) is 4.97. The van der Waals surface area contributed by atoms with Crippen LogP contribution in [-0.2, 0) is 0 Å². The van der Waals surface area contributed by atoms with E-state index in [1.54, 1.807) is 6.20 Å². The highest BCUT2D eigenvalue weighted by Crippen LogP contribution is 2.14. The van der Waals surface area contributed by atoms with E-state index in [-0.39, 0.29) is 5.82 Å². The summed E-state index contributed by atoms with van der Waals surface area (Å²) >= 11 is 0. The van der Waals surface area contributed by atoms with E-state index in [0.29, 0.717) is 5.57 Å². The van der Waals surface area contributed by atoms with Gasteiger partial charge in [-0.1, -0.05) is 18.2 Å². The van der Waals surface area contributed by atoms with Crippen LogP contribution in [0.2, 0.25) is 0 Å². The van der Waals surface area contributed by atoms with Crippen molar-refractivity contribution in [3.8, 4) is 6.07 Å². The second kappa shape index (κ2) is 4.90. The molecule has 84 valence electrons. The Morgan fingerprint density at radius 2 is 2.29 bits per heavy atom. The van der Waals surface area contributed by atoms with Crippen molar-refractivity contribution in [1.82, 2.24) is 20.6 Å². The fourth-order valence-electron chi connectivity index (χ4n) is 1.31. The summed E-state index contributed by atoms with van der Waals surface area (Å²) in [7, 11) is 0. The molecule has 1 heterocycles. The van der Waals surface area contributed by atoms with Crippen LogP contribution in [0.15, 0.2) is 30.5 Å². The second-order valence-electron chi connectivity index (χ2n) is 3.36. The van der Waals surface area contributed by atoms with Gasteiger partial charge >= 0.3 is 0 Å². The van der Waals surface area contributed by atoms with Crippen LogP contribution in [0.3, 0.4) is 0 Å². The lowest BCUT2D eigenvalue weighted by molar-refractivity contribution is 0.881. The number of nitriles is 1. The van der Waals surface area contributed by atoms with Gasteiger partial charge < -0.3 is 5.32 Å². The number of anilines is 1. The van der Waals surface area contributed by atoms with E-state index in [0.717, 1.165) is 11.3 Å². The minimum Gasteiger partial charge on any atom is -0.360 e. The Labute approximate surface area is 98.0 Å². The van der Waals surface area contributed by atoms with Crippen LogP contribution in [0, 0.1) is 18.3 Å². The molecular weight excluding hydrogens is 216 g/mol. The smallest absolute Gasteiger partial charge is 0.216 e. The number of nitrogens with zero attached hydrogens (tertiary/aromatic N) is 4. The van der Waals surface area contributed by atoms with Crippen molar-refractivity contribution in [2.24, 2.45) is 0 Å². The summed E-state index contributed by atoms with van der Waals surface area (Å²) in [5.74, 6) is 0.272. The van der Waals surface area contributed by atoms with E-state index in [1.165, 1.54) is 0 Å². The summed E-state index contributed by atoms with van der Waals surface area (Å²) in [6.45, 7) is 1.98. The van der Waals surface area contributed by atoms with Gasteiger partial charge in [0.05, 0.1) is 0 Å². The monoisotopic (exact) mass is 226 g/mol. The number of para-hydroxylation sites is 1. The van der Waals surface area contributed by atoms with Gasteiger partial charge in [0.2, 0.25) is 5.82 Å². The molecule has 0 atom stereocenters. The van der Waals surface area contributed by atoms with Crippen molar-refractivity contribution in [2.75, 3.05) is 5.32 Å². The first kappa shape index (κ1) is 10.8. The number of nitrogens with one attached hydrogen (secondary N) is 2. The standard InChI is InChI=1S/C11H10N6/c1-8-4-2-3-5-10(8)13-7-9(6-12)11-14-16-17-15-11/h2-5,7,13H,1H3,(H,14,15,16,17). The van der Waals surface area contributed by atoms with Gasteiger partial charge in [0.25, 0.3) is 0 Å². The lowest BCUT2D eigenvalue weighted by Crippen LogP contribution is -1.94. The number of rotatable bonds is 3. The zero-order chi connectivity index (χ0) is 12.1. The molecule has 2 N–H and O–H groups in total. The molecule has 0 aliphatic carbocycles. The van der Waals surface area contributed by atoms with Gasteiger partial charge in [-0.05, 0) is 23.8 Å². The Morgan fingerprint density at radius 1 is 1.47 bits per heavy atom. The fourth-order valence-corrected chi connectivity index (χ4v) is 1.31. The van der Waals surface area contributed by atoms with Crippen LogP contribution >= 0.6 is 0 Å². The number of aromatic amines is 1. The van der Waals surface area contributed by atoms with Crippen LogP contribution < -0.4 is 5.32 Å². The van der Waals surface area contributed by atoms with Crippen molar-refractivity contribution in [3.63, 3.8) is 0 Å². The van der Waals surface area contributed by atoms with Crippen LogP contribution in [0.4, 0.5) is 5.69 Å². The number of allylic oxidation sites excluding steroid dienone is 1. The van der Waals surface area contributed by atoms with Crippen molar-refractivity contribution in [3.05, 3.63) is 41.9 Å². The molecule has 1 aromatic carbocycles. The summed E-state index contributed by atoms with van der Waals surface area (Å²) in [6.07, 6.45) is 1.56. The number of hydrogen-bond donors (Lipinski definition) is 2. The lowest BCUT2D eigenvalue weighted by Gasteiger charge is -2.04. The van der Waals surface area contributed by atoms with E-state index in [4.69, 9.17) is 5.26 Å². The predicted octanol–water partition coefficient (Wildman–Crippen LogP) is 1.48. The van der Waals surface area contributed by atoms with E-state index in [9.17, 15) is 0 Å². The topological polar surface area (TPSA) is 90.3 Å². The highest BCUT2D eigenvalue weighted by atomic mass is 15.5. The van der Waals surface area contributed by atoms with E-state index in [1.807, 2.05) is 37.3 Å². The van der Waals surface area contributed by atoms with Gasteiger partial charge in [-0.15, -0.1) is 10.2 Å². The van der Waals surface area contributed by atoms with Gasteiger partial charge in [0, 0.05) is 11.9 Å². The van der Waals surface area contributed by atoms with Crippen molar-refractivity contribution < 1.29 is 0 Å². The second-order valence-corrected chi connectivity index (χ2v) is 3.36. The molecule has 0 aliphatic rings. The van der Waals surface area contributed by atoms with Crippen LogP contribution in [0.1, 0.15) is 11.4 Å². The SMILES string of the molecule is Cc1ccccc1NC=C(C#N)c1nn[nH]n1. The molecule has 0 fully saturated rings. The maximum Gasteiger partial charge on any atom is 0.216 e. The van der Waals surface area contributed by atoms with E-state index in [2.05, 4.69) is 25.9 Å². The van der Waals surface area contributed by atoms with Gasteiger partial charge in [-0.3, -0.25) is 0 Å². The third-order valence-corrected chi connectivity index (χ3v) is 2.22. The molecule has 0 radical (unpaired) electrons. The molecule has 0 saturated carbocycles. The molecule has 1 aromatic heterocycles. The van der Waals surface area contributed by atoms with E-state index >= 15 is 0 Å². The predicted molar refractivity (Wildman–Crippen MR) is 62.6 cm³/mol. The van der Waals surface area contributed by atoms with Crippen LogP contribution in [-0.4, -0.2) is 20.6 Å². The average molecular weight is 226 g/mol.